The Balaban J connectivity index is 1.75. The third-order valence-electron chi connectivity index (χ3n) is 8.18. The van der Waals surface area contributed by atoms with E-state index in [4.69, 9.17) is 0 Å². The molecule has 7 atom stereocenters. The molecule has 0 aromatic rings. The van der Waals surface area contributed by atoms with E-state index >= 15 is 0 Å². The summed E-state index contributed by atoms with van der Waals surface area (Å²) in [7, 11) is 0. The van der Waals surface area contributed by atoms with Gasteiger partial charge >= 0.3 is 0 Å². The number of ketones is 1. The maximum absolute atomic E-state index is 15.0. The van der Waals surface area contributed by atoms with Gasteiger partial charge in [0.1, 0.15) is 0 Å². The molecule has 1 nitrogen and oxygen atoms in total. The van der Waals surface area contributed by atoms with E-state index in [1.165, 1.54) is 32.1 Å². The molecule has 0 amide bonds. The molecule has 0 N–H and O–H groups in total. The maximum Gasteiger partial charge on any atom is 0.170 e. The smallest absolute Gasteiger partial charge is 0.170 e. The van der Waals surface area contributed by atoms with Crippen molar-refractivity contribution in [3.05, 3.63) is 0 Å². The van der Waals surface area contributed by atoms with Gasteiger partial charge in [0, 0.05) is 11.8 Å². The zero-order chi connectivity index (χ0) is 14.8. The summed E-state index contributed by atoms with van der Waals surface area (Å²) in [5.41, 5.74) is 0.425. The minimum atomic E-state index is -1.17. The Morgan fingerprint density at radius 1 is 0.905 bits per heavy atom. The number of hydrogen-bond acceptors (Lipinski definition) is 1. The number of Topliss-reactive ketones (excluding diaryl/α,β-unsaturated/α-hetero) is 1. The van der Waals surface area contributed by atoms with Crippen LogP contribution in [0.2, 0.25) is 0 Å². The normalized spacial score (nSPS) is 56.5. The van der Waals surface area contributed by atoms with Gasteiger partial charge in [0.15, 0.2) is 12.0 Å². The van der Waals surface area contributed by atoms with Crippen molar-refractivity contribution in [3.8, 4) is 0 Å². The van der Waals surface area contributed by atoms with Crippen molar-refractivity contribution in [1.82, 2.24) is 0 Å². The summed E-state index contributed by atoms with van der Waals surface area (Å²) in [6, 6.07) is 0. The summed E-state index contributed by atoms with van der Waals surface area (Å²) in [6.45, 7) is 4.70. The second kappa shape index (κ2) is 4.55. The average Bonchev–Trinajstić information content (AvgIpc) is 2.86. The summed E-state index contributed by atoms with van der Waals surface area (Å²) >= 11 is 0. The Kier molecular flexibility index (Phi) is 3.08. The van der Waals surface area contributed by atoms with Gasteiger partial charge in [-0.05, 0) is 61.2 Å². The molecule has 2 heteroatoms. The van der Waals surface area contributed by atoms with E-state index in [9.17, 15) is 9.18 Å². The highest BCUT2D eigenvalue weighted by Crippen LogP contribution is 2.65. The van der Waals surface area contributed by atoms with Gasteiger partial charge in [0.25, 0.3) is 0 Å². The molecule has 4 rings (SSSR count). The molecule has 0 aromatic heterocycles. The van der Waals surface area contributed by atoms with Gasteiger partial charge in [-0.25, -0.2) is 4.39 Å². The first-order valence-electron chi connectivity index (χ1n) is 9.15. The van der Waals surface area contributed by atoms with E-state index in [0.29, 0.717) is 17.3 Å². The summed E-state index contributed by atoms with van der Waals surface area (Å²) in [6.07, 6.45) is 9.38. The molecule has 4 aliphatic carbocycles. The fraction of sp³-hybridized carbons (Fsp3) is 0.947. The zero-order valence-corrected chi connectivity index (χ0v) is 13.5. The predicted octanol–water partition coefficient (Wildman–Crippen LogP) is 4.94. The van der Waals surface area contributed by atoms with Crippen LogP contribution in [0.1, 0.15) is 71.6 Å². The Hall–Kier alpha value is -0.400. The molecule has 4 aliphatic rings. The third-order valence-corrected chi connectivity index (χ3v) is 8.18. The molecule has 0 bridgehead atoms. The van der Waals surface area contributed by atoms with Crippen molar-refractivity contribution in [2.45, 2.75) is 77.8 Å². The highest BCUT2D eigenvalue weighted by atomic mass is 19.1. The van der Waals surface area contributed by atoms with Gasteiger partial charge in [0.05, 0.1) is 0 Å². The summed E-state index contributed by atoms with van der Waals surface area (Å²) < 4.78 is 15.0. The van der Waals surface area contributed by atoms with Crippen LogP contribution in [0.15, 0.2) is 0 Å². The summed E-state index contributed by atoms with van der Waals surface area (Å²) in [5.74, 6) is 1.01. The fourth-order valence-corrected chi connectivity index (χ4v) is 6.97. The van der Waals surface area contributed by atoms with Crippen molar-refractivity contribution in [2.75, 3.05) is 0 Å². The maximum atomic E-state index is 15.0. The molecule has 0 spiro atoms. The van der Waals surface area contributed by atoms with Crippen LogP contribution >= 0.6 is 0 Å². The van der Waals surface area contributed by atoms with Crippen molar-refractivity contribution >= 4 is 5.78 Å². The summed E-state index contributed by atoms with van der Waals surface area (Å²) in [5, 5.41) is 0. The lowest BCUT2D eigenvalue weighted by Crippen LogP contribution is -2.60. The number of hydrogen-bond donors (Lipinski definition) is 0. The first-order chi connectivity index (χ1) is 9.97. The fourth-order valence-electron chi connectivity index (χ4n) is 6.97. The monoisotopic (exact) mass is 292 g/mol. The quantitative estimate of drug-likeness (QED) is 0.618. The molecule has 0 heterocycles. The molecule has 1 unspecified atom stereocenters. The highest BCUT2D eigenvalue weighted by molar-refractivity contribution is 5.87. The second-order valence-corrected chi connectivity index (χ2v) is 8.99. The van der Waals surface area contributed by atoms with Gasteiger partial charge in [0.2, 0.25) is 0 Å². The van der Waals surface area contributed by atoms with Crippen molar-refractivity contribution in [1.29, 1.82) is 0 Å². The van der Waals surface area contributed by atoms with Crippen LogP contribution in [0.3, 0.4) is 0 Å². The molecule has 0 aromatic carbocycles. The first-order valence-corrected chi connectivity index (χ1v) is 9.15. The van der Waals surface area contributed by atoms with E-state index < -0.39 is 6.17 Å². The van der Waals surface area contributed by atoms with Crippen molar-refractivity contribution in [3.63, 3.8) is 0 Å². The van der Waals surface area contributed by atoms with Gasteiger partial charge in [-0.15, -0.1) is 0 Å². The predicted molar refractivity (Wildman–Crippen MR) is 81.6 cm³/mol. The topological polar surface area (TPSA) is 17.1 Å². The van der Waals surface area contributed by atoms with Gasteiger partial charge in [-0.2, -0.15) is 0 Å². The molecule has 0 aliphatic heterocycles. The lowest BCUT2D eigenvalue weighted by molar-refractivity contribution is -0.167. The highest BCUT2D eigenvalue weighted by Gasteiger charge is 2.63. The second-order valence-electron chi connectivity index (χ2n) is 8.99. The Morgan fingerprint density at radius 3 is 2.48 bits per heavy atom. The number of rotatable bonds is 0. The lowest BCUT2D eigenvalue weighted by Gasteiger charge is -2.59. The Morgan fingerprint density at radius 2 is 1.67 bits per heavy atom. The summed E-state index contributed by atoms with van der Waals surface area (Å²) in [4.78, 5) is 12.9. The van der Waals surface area contributed by atoms with Crippen LogP contribution in [0.25, 0.3) is 0 Å². The van der Waals surface area contributed by atoms with Crippen LogP contribution in [0.5, 0.6) is 0 Å². The van der Waals surface area contributed by atoms with Gasteiger partial charge < -0.3 is 0 Å². The molecular formula is C19H29FO. The number of carbonyl (C=O) groups is 1. The Bertz CT molecular complexity index is 460. The van der Waals surface area contributed by atoms with Crippen LogP contribution in [0, 0.1) is 34.5 Å². The van der Waals surface area contributed by atoms with Crippen LogP contribution < -0.4 is 0 Å². The number of carbonyl (C=O) groups excluding carboxylic acids is 1. The molecular weight excluding hydrogens is 263 g/mol. The van der Waals surface area contributed by atoms with Crippen molar-refractivity contribution < 1.29 is 9.18 Å². The van der Waals surface area contributed by atoms with E-state index in [0.717, 1.165) is 25.7 Å². The third kappa shape index (κ3) is 1.77. The Labute approximate surface area is 128 Å². The lowest BCUT2D eigenvalue weighted by atomic mass is 9.44. The number of fused-ring (bicyclic) bond motifs is 5. The van der Waals surface area contributed by atoms with E-state index in [1.54, 1.807) is 0 Å². The molecule has 21 heavy (non-hydrogen) atoms. The molecule has 4 fully saturated rings. The van der Waals surface area contributed by atoms with E-state index in [-0.39, 0.29) is 23.0 Å². The van der Waals surface area contributed by atoms with Crippen LogP contribution in [-0.2, 0) is 4.79 Å². The molecule has 0 radical (unpaired) electrons. The van der Waals surface area contributed by atoms with E-state index in [1.807, 2.05) is 0 Å². The van der Waals surface area contributed by atoms with Crippen LogP contribution in [-0.4, -0.2) is 12.0 Å². The number of alkyl halides is 1. The molecule has 4 saturated carbocycles. The number of halogens is 1. The SMILES string of the molecule is C[C@@]12CCC[C@H]1[C@@H]1C(=O)[C@H](F)C3CCCC[C@]3(C)[C@H]1CC2. The van der Waals surface area contributed by atoms with Gasteiger partial charge in [-0.3, -0.25) is 4.79 Å². The zero-order valence-electron chi connectivity index (χ0n) is 13.5. The molecule has 0 saturated heterocycles. The van der Waals surface area contributed by atoms with Crippen molar-refractivity contribution in [2.24, 2.45) is 34.5 Å². The van der Waals surface area contributed by atoms with E-state index in [2.05, 4.69) is 13.8 Å². The van der Waals surface area contributed by atoms with Crippen LogP contribution in [0.4, 0.5) is 4.39 Å². The minimum Gasteiger partial charge on any atom is -0.296 e. The average molecular weight is 292 g/mol. The first kappa shape index (κ1) is 14.2. The van der Waals surface area contributed by atoms with Gasteiger partial charge in [-0.1, -0.05) is 33.1 Å². The minimum absolute atomic E-state index is 0.00204. The standard InChI is InChI=1S/C19H29FO/c1-18-9-5-7-12(18)15-13(8-11-18)19(2)10-4-3-6-14(19)16(20)17(15)21/h12-16H,3-11H2,1-2H3/t12-,13-,14?,15-,16+,18-,19+/m0/s1. The molecule has 118 valence electrons. The largest absolute Gasteiger partial charge is 0.296 e.